The van der Waals surface area contributed by atoms with Crippen molar-refractivity contribution in [3.8, 4) is 0 Å². The van der Waals surface area contributed by atoms with Crippen LogP contribution in [0.3, 0.4) is 0 Å². The first-order valence-corrected chi connectivity index (χ1v) is 20.4. The van der Waals surface area contributed by atoms with Crippen LogP contribution in [0.4, 0.5) is 0 Å². The summed E-state index contributed by atoms with van der Waals surface area (Å²) in [5, 5.41) is 0. The van der Waals surface area contributed by atoms with Crippen LogP contribution in [0.15, 0.2) is 0 Å². The van der Waals surface area contributed by atoms with Crippen molar-refractivity contribution in [2.45, 2.75) is 219 Å². The van der Waals surface area contributed by atoms with Crippen molar-refractivity contribution in [3.63, 3.8) is 0 Å². The lowest BCUT2D eigenvalue weighted by Gasteiger charge is -2.32. The molecule has 0 radical (unpaired) electrons. The molecule has 0 aliphatic heterocycles. The van der Waals surface area contributed by atoms with E-state index >= 15 is 0 Å². The number of unbranched alkanes of at least 4 members (excludes halogenated alkanes) is 24. The molecule has 224 valence electrons. The smallest absolute Gasteiger partial charge is 0.192 e. The first-order valence-electron chi connectivity index (χ1n) is 17.9. The van der Waals surface area contributed by atoms with Crippen LogP contribution in [0.5, 0.6) is 0 Å². The van der Waals surface area contributed by atoms with E-state index in [4.69, 9.17) is 4.43 Å². The quantitative estimate of drug-likeness (QED) is 0.0611. The lowest BCUT2D eigenvalue weighted by Crippen LogP contribution is -2.38. The van der Waals surface area contributed by atoms with Crippen LogP contribution in [0.1, 0.15) is 201 Å². The van der Waals surface area contributed by atoms with Crippen LogP contribution < -0.4 is 0 Å². The Balaban J connectivity index is 4.37. The molecule has 0 amide bonds. The fourth-order valence-corrected chi connectivity index (χ4v) is 10.6. The van der Waals surface area contributed by atoms with Crippen molar-refractivity contribution in [2.75, 3.05) is 6.61 Å². The molecule has 0 aromatic carbocycles. The van der Waals surface area contributed by atoms with Crippen LogP contribution >= 0.6 is 0 Å². The molecule has 1 nitrogen and oxygen atoms in total. The summed E-state index contributed by atoms with van der Waals surface area (Å²) in [6.07, 6.45) is 38.9. The first-order chi connectivity index (χ1) is 18.2. The molecule has 0 atom stereocenters. The van der Waals surface area contributed by atoms with Gasteiger partial charge < -0.3 is 4.43 Å². The van der Waals surface area contributed by atoms with E-state index in [0.717, 1.165) is 6.61 Å². The van der Waals surface area contributed by atoms with Gasteiger partial charge in [-0.1, -0.05) is 194 Å². The molecule has 0 aliphatic carbocycles. The third-order valence-electron chi connectivity index (χ3n) is 8.66. The summed E-state index contributed by atoms with van der Waals surface area (Å²) in [6, 6.07) is 4.35. The number of rotatable bonds is 32. The molecular weight excluding hydrogens is 464 g/mol. The first kappa shape index (κ1) is 37.2. The lowest BCUT2D eigenvalue weighted by atomic mass is 10.1. The van der Waals surface area contributed by atoms with Gasteiger partial charge in [-0.2, -0.15) is 0 Å². The zero-order valence-corrected chi connectivity index (χ0v) is 27.8. The Morgan fingerprint density at radius 2 is 0.514 bits per heavy atom. The van der Waals surface area contributed by atoms with E-state index in [2.05, 4.69) is 27.7 Å². The zero-order chi connectivity index (χ0) is 27.1. The molecule has 0 aromatic heterocycles. The van der Waals surface area contributed by atoms with Crippen molar-refractivity contribution in [1.82, 2.24) is 0 Å². The maximum absolute atomic E-state index is 6.78. The largest absolute Gasteiger partial charge is 0.417 e. The van der Waals surface area contributed by atoms with Crippen molar-refractivity contribution < 1.29 is 4.43 Å². The third kappa shape index (κ3) is 26.2. The monoisotopic (exact) mass is 539 g/mol. The zero-order valence-electron chi connectivity index (χ0n) is 26.8. The summed E-state index contributed by atoms with van der Waals surface area (Å²) < 4.78 is 6.78. The Kier molecular flexibility index (Phi) is 30.9. The summed E-state index contributed by atoms with van der Waals surface area (Å²) in [6.45, 7) is 10.2. The Hall–Kier alpha value is 0.177. The van der Waals surface area contributed by atoms with Gasteiger partial charge in [0.2, 0.25) is 0 Å². The average molecular weight is 539 g/mol. The highest BCUT2D eigenvalue weighted by atomic mass is 28.4. The summed E-state index contributed by atoms with van der Waals surface area (Å²) in [5.41, 5.74) is 0. The van der Waals surface area contributed by atoms with Crippen LogP contribution in [-0.4, -0.2) is 14.9 Å². The van der Waals surface area contributed by atoms with Gasteiger partial charge in [0.25, 0.3) is 0 Å². The van der Waals surface area contributed by atoms with Gasteiger partial charge in [0.1, 0.15) is 0 Å². The highest BCUT2D eigenvalue weighted by molar-refractivity contribution is 6.73. The van der Waals surface area contributed by atoms with E-state index in [1.165, 1.54) is 191 Å². The highest BCUT2D eigenvalue weighted by Crippen LogP contribution is 2.31. The molecule has 0 heterocycles. The van der Waals surface area contributed by atoms with Gasteiger partial charge >= 0.3 is 0 Å². The Labute approximate surface area is 238 Å². The van der Waals surface area contributed by atoms with Gasteiger partial charge in [-0.25, -0.2) is 0 Å². The van der Waals surface area contributed by atoms with E-state index in [-0.39, 0.29) is 0 Å². The minimum absolute atomic E-state index is 0.957. The normalized spacial score (nSPS) is 12.0. The molecular formula is C35H74OSi. The molecule has 0 bridgehead atoms. The molecule has 0 rings (SSSR count). The topological polar surface area (TPSA) is 9.23 Å². The predicted molar refractivity (Wildman–Crippen MR) is 173 cm³/mol. The second-order valence-electron chi connectivity index (χ2n) is 12.4. The second kappa shape index (κ2) is 30.7. The number of hydrogen-bond acceptors (Lipinski definition) is 1. The SMILES string of the molecule is CCCCCCCCCCC[Si](CCCCCCCCCCC)(CCCCCCCCCCC)OCC. The van der Waals surface area contributed by atoms with Crippen LogP contribution in [-0.2, 0) is 4.43 Å². The minimum Gasteiger partial charge on any atom is -0.417 e. The third-order valence-corrected chi connectivity index (χ3v) is 13.4. The molecule has 0 spiro atoms. The van der Waals surface area contributed by atoms with Crippen molar-refractivity contribution in [2.24, 2.45) is 0 Å². The molecule has 0 saturated heterocycles. The molecule has 0 unspecified atom stereocenters. The maximum Gasteiger partial charge on any atom is 0.192 e. The average Bonchev–Trinajstić information content (AvgIpc) is 2.90. The minimum atomic E-state index is -1.55. The van der Waals surface area contributed by atoms with Gasteiger partial charge in [-0.05, 0) is 25.1 Å². The summed E-state index contributed by atoms with van der Waals surface area (Å²) in [7, 11) is -1.55. The Morgan fingerprint density at radius 1 is 0.297 bits per heavy atom. The Morgan fingerprint density at radius 3 is 0.730 bits per heavy atom. The van der Waals surface area contributed by atoms with E-state index < -0.39 is 8.32 Å². The van der Waals surface area contributed by atoms with Crippen molar-refractivity contribution in [3.05, 3.63) is 0 Å². The fraction of sp³-hybridized carbons (Fsp3) is 1.00. The van der Waals surface area contributed by atoms with E-state index in [0.29, 0.717) is 0 Å². The second-order valence-corrected chi connectivity index (χ2v) is 16.5. The molecule has 0 fully saturated rings. The molecule has 2 heteroatoms. The van der Waals surface area contributed by atoms with Crippen molar-refractivity contribution >= 4 is 8.32 Å². The number of hydrogen-bond donors (Lipinski definition) is 0. The molecule has 0 saturated carbocycles. The summed E-state index contributed by atoms with van der Waals surface area (Å²) >= 11 is 0. The van der Waals surface area contributed by atoms with Gasteiger partial charge in [0.05, 0.1) is 0 Å². The van der Waals surface area contributed by atoms with Gasteiger partial charge in [-0.3, -0.25) is 0 Å². The van der Waals surface area contributed by atoms with Gasteiger partial charge in [-0.15, -0.1) is 0 Å². The van der Waals surface area contributed by atoms with Crippen LogP contribution in [0.25, 0.3) is 0 Å². The lowest BCUT2D eigenvalue weighted by molar-refractivity contribution is 0.313. The van der Waals surface area contributed by atoms with E-state index in [9.17, 15) is 0 Å². The van der Waals surface area contributed by atoms with Gasteiger partial charge in [0, 0.05) is 6.61 Å². The summed E-state index contributed by atoms with van der Waals surface area (Å²) in [4.78, 5) is 0. The standard InChI is InChI=1S/C35H74OSi/c1-5-9-12-15-18-21-24-27-30-33-37(36-8-4,34-31-28-25-22-19-16-13-10-6-2)35-32-29-26-23-20-17-14-11-7-3/h5-35H2,1-4H3. The highest BCUT2D eigenvalue weighted by Gasteiger charge is 2.32. The maximum atomic E-state index is 6.78. The van der Waals surface area contributed by atoms with E-state index in [1.54, 1.807) is 0 Å². The van der Waals surface area contributed by atoms with Crippen LogP contribution in [0.2, 0.25) is 18.1 Å². The summed E-state index contributed by atoms with van der Waals surface area (Å²) in [5.74, 6) is 0. The molecule has 0 aliphatic rings. The Bertz CT molecular complexity index is 355. The van der Waals surface area contributed by atoms with Crippen molar-refractivity contribution in [1.29, 1.82) is 0 Å². The predicted octanol–water partition coefficient (Wildman–Crippen LogP) is 13.6. The fourth-order valence-electron chi connectivity index (χ4n) is 6.17. The van der Waals surface area contributed by atoms with Crippen LogP contribution in [0, 0.1) is 0 Å². The van der Waals surface area contributed by atoms with E-state index in [1.807, 2.05) is 0 Å². The molecule has 37 heavy (non-hydrogen) atoms. The molecule has 0 N–H and O–H groups in total. The van der Waals surface area contributed by atoms with Gasteiger partial charge in [0.15, 0.2) is 8.32 Å². The molecule has 0 aromatic rings.